The highest BCUT2D eigenvalue weighted by Gasteiger charge is 2.22. The van der Waals surface area contributed by atoms with Crippen LogP contribution in [0.15, 0.2) is 12.1 Å². The van der Waals surface area contributed by atoms with E-state index >= 15 is 0 Å². The monoisotopic (exact) mass is 292 g/mol. The molecule has 62 valence electrons. The van der Waals surface area contributed by atoms with Crippen LogP contribution in [0.3, 0.4) is 0 Å². The Balaban J connectivity index is 2.68. The van der Waals surface area contributed by atoms with Crippen LogP contribution in [0.1, 0.15) is 22.3 Å². The number of hydrogen-bond donors (Lipinski definition) is 0. The number of carbonyl (C=O) groups excluding carboxylic acids is 1. The number of fused-ring (bicyclic) bond motifs is 1. The van der Waals surface area contributed by atoms with Gasteiger partial charge in [-0.25, -0.2) is 0 Å². The fourth-order valence-corrected chi connectivity index (χ4v) is 2.24. The molecule has 1 aliphatic rings. The van der Waals surface area contributed by atoms with Gasteiger partial charge in [-0.3, -0.25) is 4.79 Å². The van der Waals surface area contributed by atoms with Gasteiger partial charge in [0.2, 0.25) is 0 Å². The lowest BCUT2D eigenvalue weighted by molar-refractivity contribution is 0.0994. The number of halogens is 2. The Morgan fingerprint density at radius 3 is 2.83 bits per heavy atom. The molecule has 0 amide bonds. The molecule has 0 atom stereocenters. The van der Waals surface area contributed by atoms with Crippen molar-refractivity contribution in [3.8, 4) is 0 Å². The van der Waals surface area contributed by atoms with Crippen molar-refractivity contribution < 1.29 is 4.79 Å². The summed E-state index contributed by atoms with van der Waals surface area (Å²) in [6.45, 7) is 0. The highest BCUT2D eigenvalue weighted by atomic mass is 127. The molecular weight excluding hydrogens is 286 g/mol. The average molecular weight is 293 g/mol. The van der Waals surface area contributed by atoms with E-state index in [1.165, 1.54) is 0 Å². The normalized spacial score (nSPS) is 15.0. The molecule has 0 aromatic heterocycles. The van der Waals surface area contributed by atoms with Crippen LogP contribution in [0.5, 0.6) is 0 Å². The highest BCUT2D eigenvalue weighted by Crippen LogP contribution is 2.31. The summed E-state index contributed by atoms with van der Waals surface area (Å²) in [5.74, 6) is 0.225. The van der Waals surface area contributed by atoms with Crippen LogP contribution in [-0.4, -0.2) is 5.78 Å². The molecule has 0 aliphatic heterocycles. The van der Waals surface area contributed by atoms with Gasteiger partial charge >= 0.3 is 0 Å². The van der Waals surface area contributed by atoms with Crippen LogP contribution in [0.25, 0.3) is 0 Å². The summed E-state index contributed by atoms with van der Waals surface area (Å²) < 4.78 is 1.03. The third-order valence-electron chi connectivity index (χ3n) is 2.10. The first-order valence-corrected chi connectivity index (χ1v) is 5.16. The lowest BCUT2D eigenvalue weighted by atomic mass is 10.1. The Bertz CT molecular complexity index is 360. The van der Waals surface area contributed by atoms with E-state index in [0.717, 1.165) is 26.1 Å². The van der Waals surface area contributed by atoms with Gasteiger partial charge in [-0.05, 0) is 46.7 Å². The van der Waals surface area contributed by atoms with Crippen molar-refractivity contribution in [3.05, 3.63) is 31.9 Å². The van der Waals surface area contributed by atoms with E-state index in [1.54, 1.807) is 0 Å². The number of rotatable bonds is 0. The SMILES string of the molecule is O=C1CCc2c1ccc(I)c2Cl. The highest BCUT2D eigenvalue weighted by molar-refractivity contribution is 14.1. The molecule has 0 spiro atoms. The van der Waals surface area contributed by atoms with E-state index < -0.39 is 0 Å². The maximum absolute atomic E-state index is 11.3. The third-order valence-corrected chi connectivity index (χ3v) is 3.75. The fraction of sp³-hybridized carbons (Fsp3) is 0.222. The Kier molecular flexibility index (Phi) is 2.12. The molecule has 0 radical (unpaired) electrons. The second kappa shape index (κ2) is 3.00. The zero-order chi connectivity index (χ0) is 8.72. The van der Waals surface area contributed by atoms with Gasteiger partial charge < -0.3 is 0 Å². The van der Waals surface area contributed by atoms with Gasteiger partial charge in [0, 0.05) is 15.6 Å². The lowest BCUT2D eigenvalue weighted by Gasteiger charge is -2.01. The maximum Gasteiger partial charge on any atom is 0.163 e. The summed E-state index contributed by atoms with van der Waals surface area (Å²) in [6.07, 6.45) is 1.43. The van der Waals surface area contributed by atoms with E-state index in [1.807, 2.05) is 12.1 Å². The number of ketones is 1. The van der Waals surface area contributed by atoms with Gasteiger partial charge in [-0.15, -0.1) is 0 Å². The van der Waals surface area contributed by atoms with Gasteiger partial charge in [0.25, 0.3) is 0 Å². The van der Waals surface area contributed by atoms with Gasteiger partial charge in [0.15, 0.2) is 5.78 Å². The molecule has 0 fully saturated rings. The predicted molar refractivity (Wildman–Crippen MR) is 56.8 cm³/mol. The van der Waals surface area contributed by atoms with Gasteiger partial charge in [-0.2, -0.15) is 0 Å². The molecule has 1 nitrogen and oxygen atoms in total. The lowest BCUT2D eigenvalue weighted by Crippen LogP contribution is -1.91. The summed E-state index contributed by atoms with van der Waals surface area (Å²) in [6, 6.07) is 3.77. The van der Waals surface area contributed by atoms with E-state index in [0.29, 0.717) is 6.42 Å². The van der Waals surface area contributed by atoms with Crippen molar-refractivity contribution in [1.29, 1.82) is 0 Å². The van der Waals surface area contributed by atoms with Gasteiger partial charge in [-0.1, -0.05) is 11.6 Å². The van der Waals surface area contributed by atoms with Crippen molar-refractivity contribution in [1.82, 2.24) is 0 Å². The maximum atomic E-state index is 11.3. The Hall–Kier alpha value is -0.0900. The van der Waals surface area contributed by atoms with Crippen molar-refractivity contribution in [3.63, 3.8) is 0 Å². The average Bonchev–Trinajstić information content (AvgIpc) is 2.41. The van der Waals surface area contributed by atoms with E-state index in [-0.39, 0.29) is 5.78 Å². The summed E-state index contributed by atoms with van der Waals surface area (Å²) >= 11 is 8.23. The molecule has 0 N–H and O–H groups in total. The Morgan fingerprint density at radius 1 is 1.33 bits per heavy atom. The number of carbonyl (C=O) groups is 1. The fourth-order valence-electron chi connectivity index (χ4n) is 1.47. The third kappa shape index (κ3) is 1.17. The van der Waals surface area contributed by atoms with Crippen molar-refractivity contribution in [2.24, 2.45) is 0 Å². The molecule has 0 saturated heterocycles. The molecule has 12 heavy (non-hydrogen) atoms. The molecule has 2 rings (SSSR count). The smallest absolute Gasteiger partial charge is 0.163 e. The Morgan fingerprint density at radius 2 is 2.08 bits per heavy atom. The second-order valence-electron chi connectivity index (χ2n) is 2.81. The van der Waals surface area contributed by atoms with Gasteiger partial charge in [0.05, 0.1) is 5.02 Å². The van der Waals surface area contributed by atoms with Crippen LogP contribution in [0, 0.1) is 3.57 Å². The summed E-state index contributed by atoms with van der Waals surface area (Å²) in [4.78, 5) is 11.3. The molecule has 1 aromatic carbocycles. The number of Topliss-reactive ketones (excluding diaryl/α,β-unsaturated/α-hetero) is 1. The van der Waals surface area contributed by atoms with E-state index in [4.69, 9.17) is 11.6 Å². The Labute approximate surface area is 89.2 Å². The number of hydrogen-bond acceptors (Lipinski definition) is 1. The minimum Gasteiger partial charge on any atom is -0.294 e. The molecule has 0 heterocycles. The van der Waals surface area contributed by atoms with E-state index in [9.17, 15) is 4.79 Å². The minimum atomic E-state index is 0.225. The zero-order valence-corrected chi connectivity index (χ0v) is 9.15. The van der Waals surface area contributed by atoms with Crippen LogP contribution >= 0.6 is 34.2 Å². The van der Waals surface area contributed by atoms with Crippen LogP contribution in [0.2, 0.25) is 5.02 Å². The first-order chi connectivity index (χ1) is 5.70. The summed E-state index contributed by atoms with van der Waals surface area (Å²) in [5, 5.41) is 0.763. The van der Waals surface area contributed by atoms with Gasteiger partial charge in [0.1, 0.15) is 0 Å². The van der Waals surface area contributed by atoms with Crippen molar-refractivity contribution in [2.45, 2.75) is 12.8 Å². The molecule has 3 heteroatoms. The first kappa shape index (κ1) is 8.51. The van der Waals surface area contributed by atoms with E-state index in [2.05, 4.69) is 22.6 Å². The molecular formula is C9H6ClIO. The summed E-state index contributed by atoms with van der Waals surface area (Å²) in [7, 11) is 0. The van der Waals surface area contributed by atoms with Crippen molar-refractivity contribution >= 4 is 40.0 Å². The topological polar surface area (TPSA) is 17.1 Å². The van der Waals surface area contributed by atoms with Crippen LogP contribution in [0.4, 0.5) is 0 Å². The molecule has 0 bridgehead atoms. The minimum absolute atomic E-state index is 0.225. The largest absolute Gasteiger partial charge is 0.294 e. The van der Waals surface area contributed by atoms with Crippen molar-refractivity contribution in [2.75, 3.05) is 0 Å². The first-order valence-electron chi connectivity index (χ1n) is 3.70. The van der Waals surface area contributed by atoms with Crippen LogP contribution < -0.4 is 0 Å². The standard InChI is InChI=1S/C9H6ClIO/c10-9-6-2-4-8(12)5(6)1-3-7(9)11/h1,3H,2,4H2. The second-order valence-corrected chi connectivity index (χ2v) is 4.35. The molecule has 1 aromatic rings. The quantitative estimate of drug-likeness (QED) is 0.672. The molecule has 1 aliphatic carbocycles. The van der Waals surface area contributed by atoms with Crippen LogP contribution in [-0.2, 0) is 6.42 Å². The number of benzene rings is 1. The predicted octanol–water partition coefficient (Wildman–Crippen LogP) is 3.07. The molecule has 0 unspecified atom stereocenters. The molecule has 0 saturated carbocycles. The zero-order valence-electron chi connectivity index (χ0n) is 6.23. The summed E-state index contributed by atoms with van der Waals surface area (Å²) in [5.41, 5.74) is 1.86.